The molecule has 16 heavy (non-hydrogen) atoms. The van der Waals surface area contributed by atoms with Crippen LogP contribution in [0.1, 0.15) is 40.5 Å². The second kappa shape index (κ2) is 6.99. The molecule has 2 nitrogen and oxygen atoms in total. The van der Waals surface area contributed by atoms with E-state index in [2.05, 4.69) is 0 Å². The summed E-state index contributed by atoms with van der Waals surface area (Å²) in [4.78, 5) is 11.7. The van der Waals surface area contributed by atoms with E-state index in [1.165, 1.54) is 6.08 Å². The van der Waals surface area contributed by atoms with Crippen molar-refractivity contribution in [2.75, 3.05) is 6.26 Å². The maximum Gasteiger partial charge on any atom is 0.406 e. The van der Waals surface area contributed by atoms with Crippen LogP contribution in [0.3, 0.4) is 0 Å². The Hall–Kier alpha value is -0.445. The molecular weight excluding hydrogens is 226 g/mol. The van der Waals surface area contributed by atoms with Gasteiger partial charge in [-0.1, -0.05) is 19.4 Å². The van der Waals surface area contributed by atoms with Crippen LogP contribution in [0.15, 0.2) is 11.8 Å². The number of hydrogen-bond acceptors (Lipinski definition) is 3. The molecule has 0 aromatic heterocycles. The summed E-state index contributed by atoms with van der Waals surface area (Å²) in [6, 6.07) is 0. The van der Waals surface area contributed by atoms with Gasteiger partial charge in [0, 0.05) is 0 Å². The largest absolute Gasteiger partial charge is 0.467 e. The minimum atomic E-state index is -0.828. The topological polar surface area (TPSA) is 26.3 Å². The summed E-state index contributed by atoms with van der Waals surface area (Å²) < 4.78 is 18.8. The van der Waals surface area contributed by atoms with E-state index in [1.54, 1.807) is 27.0 Å². The molecule has 0 atom stereocenters. The van der Waals surface area contributed by atoms with Gasteiger partial charge in [0.05, 0.1) is 5.73 Å². The Labute approximate surface area is 102 Å². The van der Waals surface area contributed by atoms with Gasteiger partial charge < -0.3 is 4.74 Å². The fraction of sp³-hybridized carbons (Fsp3) is 0.727. The second-order valence-corrected chi connectivity index (χ2v) is 5.47. The molecule has 0 aliphatic rings. The Bertz CT molecular complexity index is 261. The van der Waals surface area contributed by atoms with E-state index in [1.807, 2.05) is 6.92 Å². The maximum atomic E-state index is 13.6. The molecule has 0 fully saturated rings. The van der Waals surface area contributed by atoms with E-state index in [4.69, 9.17) is 4.74 Å². The van der Waals surface area contributed by atoms with E-state index < -0.39 is 23.2 Å². The lowest BCUT2D eigenvalue weighted by atomic mass is 9.73. The molecule has 0 saturated heterocycles. The third-order valence-electron chi connectivity index (χ3n) is 1.74. The summed E-state index contributed by atoms with van der Waals surface area (Å²) >= 11 is 1.16. The van der Waals surface area contributed by atoms with Crippen LogP contribution >= 0.6 is 11.6 Å². The Kier molecular flexibility index (Phi) is 6.80. The molecule has 0 aromatic carbocycles. The van der Waals surface area contributed by atoms with Gasteiger partial charge >= 0.3 is 5.99 Å². The minimum absolute atomic E-state index is 0.399. The molecule has 0 amide bonds. The SMILES string of the molecule is CCC/C=C(\F)B(SC)C(=O)OC(C)(C)C. The molecule has 0 aliphatic carbocycles. The summed E-state index contributed by atoms with van der Waals surface area (Å²) in [5.41, 5.74) is -0.973. The molecule has 0 rings (SSSR count). The average molecular weight is 246 g/mol. The molecule has 0 heterocycles. The van der Waals surface area contributed by atoms with Crippen molar-refractivity contribution in [1.82, 2.24) is 0 Å². The number of hydrogen-bond donors (Lipinski definition) is 0. The molecule has 0 spiro atoms. The number of carbonyl (C=O) groups is 1. The first-order chi connectivity index (χ1) is 7.31. The Balaban J connectivity index is 4.55. The van der Waals surface area contributed by atoms with Crippen LogP contribution < -0.4 is 0 Å². The van der Waals surface area contributed by atoms with E-state index in [-0.39, 0.29) is 0 Å². The van der Waals surface area contributed by atoms with Gasteiger partial charge in [-0.3, -0.25) is 4.79 Å². The third kappa shape index (κ3) is 6.21. The molecule has 0 radical (unpaired) electrons. The van der Waals surface area contributed by atoms with Crippen molar-refractivity contribution in [3.05, 3.63) is 11.8 Å². The smallest absolute Gasteiger partial charge is 0.406 e. The van der Waals surface area contributed by atoms with E-state index in [0.29, 0.717) is 6.42 Å². The molecule has 92 valence electrons. The van der Waals surface area contributed by atoms with Crippen LogP contribution in [0.2, 0.25) is 0 Å². The predicted octanol–water partition coefficient (Wildman–Crippen LogP) is 4.05. The Morgan fingerprint density at radius 3 is 2.44 bits per heavy atom. The van der Waals surface area contributed by atoms with Gasteiger partial charge in [0.1, 0.15) is 5.60 Å². The molecule has 0 aliphatic heterocycles. The zero-order chi connectivity index (χ0) is 12.8. The van der Waals surface area contributed by atoms with Gasteiger partial charge in [-0.05, 0) is 33.4 Å². The minimum Gasteiger partial charge on any atom is -0.467 e. The Morgan fingerprint density at radius 1 is 1.50 bits per heavy atom. The van der Waals surface area contributed by atoms with Crippen LogP contribution in [0.25, 0.3) is 0 Å². The van der Waals surface area contributed by atoms with Crippen LogP contribution in [-0.4, -0.2) is 23.7 Å². The fourth-order valence-corrected chi connectivity index (χ4v) is 1.63. The van der Waals surface area contributed by atoms with E-state index in [9.17, 15) is 9.18 Å². The highest BCUT2D eigenvalue weighted by Gasteiger charge is 2.32. The zero-order valence-electron chi connectivity index (χ0n) is 10.7. The summed E-state index contributed by atoms with van der Waals surface area (Å²) in [6.45, 7) is 7.28. The molecule has 0 bridgehead atoms. The molecule has 0 N–H and O–H groups in total. The summed E-state index contributed by atoms with van der Waals surface area (Å²) in [5.74, 6) is -1.34. The van der Waals surface area contributed by atoms with Crippen LogP contribution in [0.5, 0.6) is 0 Å². The molecule has 0 saturated carbocycles. The number of unbranched alkanes of at least 4 members (excludes halogenated alkanes) is 1. The van der Waals surface area contributed by atoms with Crippen molar-refractivity contribution >= 4 is 23.5 Å². The molecule has 5 heteroatoms. The number of carbonyl (C=O) groups excluding carboxylic acids is 1. The number of allylic oxidation sites excluding steroid dienone is 1. The van der Waals surface area contributed by atoms with Gasteiger partial charge in [-0.15, -0.1) is 0 Å². The second-order valence-electron chi connectivity index (χ2n) is 4.53. The van der Waals surface area contributed by atoms with Crippen molar-refractivity contribution in [1.29, 1.82) is 0 Å². The van der Waals surface area contributed by atoms with E-state index in [0.717, 1.165) is 18.0 Å². The van der Waals surface area contributed by atoms with Crippen LogP contribution in [-0.2, 0) is 4.74 Å². The maximum absolute atomic E-state index is 13.6. The summed E-state index contributed by atoms with van der Waals surface area (Å²) in [5, 5.41) is 0. The normalized spacial score (nSPS) is 12.5. The predicted molar refractivity (Wildman–Crippen MR) is 69.6 cm³/mol. The number of halogens is 1. The van der Waals surface area contributed by atoms with Crippen molar-refractivity contribution in [3.63, 3.8) is 0 Å². The van der Waals surface area contributed by atoms with Crippen molar-refractivity contribution in [2.24, 2.45) is 0 Å². The average Bonchev–Trinajstić information content (AvgIpc) is 2.12. The lowest BCUT2D eigenvalue weighted by Gasteiger charge is -2.21. The highest BCUT2D eigenvalue weighted by atomic mass is 32.2. The molecule has 0 unspecified atom stereocenters. The monoisotopic (exact) mass is 246 g/mol. The quantitative estimate of drug-likeness (QED) is 0.684. The van der Waals surface area contributed by atoms with Gasteiger partial charge in [0.15, 0.2) is 0 Å². The van der Waals surface area contributed by atoms with Crippen molar-refractivity contribution in [3.8, 4) is 0 Å². The first-order valence-corrected chi connectivity index (χ1v) is 6.71. The van der Waals surface area contributed by atoms with Gasteiger partial charge in [-0.2, -0.15) is 11.6 Å². The summed E-state index contributed by atoms with van der Waals surface area (Å²) in [7, 11) is 0. The highest BCUT2D eigenvalue weighted by molar-refractivity contribution is 8.28. The highest BCUT2D eigenvalue weighted by Crippen LogP contribution is 2.20. The van der Waals surface area contributed by atoms with Gasteiger partial charge in [0.25, 0.3) is 5.87 Å². The van der Waals surface area contributed by atoms with Crippen molar-refractivity contribution < 1.29 is 13.9 Å². The third-order valence-corrected chi connectivity index (χ3v) is 2.62. The first kappa shape index (κ1) is 15.6. The van der Waals surface area contributed by atoms with Crippen molar-refractivity contribution in [2.45, 2.75) is 46.1 Å². The van der Waals surface area contributed by atoms with Crippen LogP contribution in [0, 0.1) is 0 Å². The van der Waals surface area contributed by atoms with E-state index >= 15 is 0 Å². The lowest BCUT2D eigenvalue weighted by Crippen LogP contribution is -2.32. The number of ether oxygens (including phenoxy) is 1. The lowest BCUT2D eigenvalue weighted by molar-refractivity contribution is 0.0715. The molecular formula is C11H20BFO2S. The first-order valence-electron chi connectivity index (χ1n) is 5.43. The molecule has 0 aromatic rings. The zero-order valence-corrected chi connectivity index (χ0v) is 11.5. The van der Waals surface area contributed by atoms with Gasteiger partial charge in [-0.25, -0.2) is 4.39 Å². The van der Waals surface area contributed by atoms with Crippen LogP contribution in [0.4, 0.5) is 9.18 Å². The fourth-order valence-electron chi connectivity index (χ4n) is 1.07. The Morgan fingerprint density at radius 2 is 2.06 bits per heavy atom. The number of rotatable bonds is 5. The van der Waals surface area contributed by atoms with Gasteiger partial charge in [0.2, 0.25) is 0 Å². The standard InChI is InChI=1S/C11H20BFO2S/c1-6-7-8-9(13)12(16-5)10(14)15-11(2,3)4/h8H,6-7H2,1-5H3/b9-8-. The summed E-state index contributed by atoms with van der Waals surface area (Å²) in [6.07, 6.45) is 4.67.